The van der Waals surface area contributed by atoms with E-state index in [-0.39, 0.29) is 22.2 Å². The number of nitrogens with two attached hydrogens (primary N) is 1. The number of primary sulfonamides is 1. The molecule has 3 aromatic carbocycles. The van der Waals surface area contributed by atoms with Crippen molar-refractivity contribution in [1.29, 1.82) is 0 Å². The van der Waals surface area contributed by atoms with Crippen LogP contribution in [0.5, 0.6) is 0 Å². The molecule has 0 radical (unpaired) electrons. The second-order valence-corrected chi connectivity index (χ2v) is 15.5. The molecule has 0 aromatic heterocycles. The Hall–Kier alpha value is -4.84. The van der Waals surface area contributed by atoms with Gasteiger partial charge in [0.1, 0.15) is 5.84 Å². The van der Waals surface area contributed by atoms with E-state index in [0.717, 1.165) is 32.1 Å². The third-order valence-corrected chi connectivity index (χ3v) is 10.6. The SMILES string of the molecule is CCCCCCCC(=O)/N=C(/c1cccc(NC(=O)Nc2ccc(S(=O)(=O)NCc3ccc(S(N)(=O)=O)cc3)cc2)c1)N1CCN(C(=O)OC)CC1. The molecule has 1 aliphatic rings. The summed E-state index contributed by atoms with van der Waals surface area (Å²) in [6.07, 6.45) is 4.90. The molecule has 4 rings (SSSR count). The first-order valence-corrected chi connectivity index (χ1v) is 19.9. The monoisotopic (exact) mass is 755 g/mol. The van der Waals surface area contributed by atoms with Gasteiger partial charge < -0.3 is 25.2 Å². The lowest BCUT2D eigenvalue weighted by molar-refractivity contribution is -0.117. The molecule has 1 heterocycles. The Morgan fingerprint density at radius 3 is 2.04 bits per heavy atom. The summed E-state index contributed by atoms with van der Waals surface area (Å²) in [5.41, 5.74) is 1.91. The number of hydrogen-bond acceptors (Lipinski definition) is 8. The maximum absolute atomic E-state index is 13.0. The molecule has 1 saturated heterocycles. The van der Waals surface area contributed by atoms with Gasteiger partial charge in [-0.1, -0.05) is 56.9 Å². The molecule has 0 aliphatic carbocycles. The van der Waals surface area contributed by atoms with Gasteiger partial charge in [0, 0.05) is 56.1 Å². The highest BCUT2D eigenvalue weighted by Crippen LogP contribution is 2.19. The molecule has 0 unspecified atom stereocenters. The van der Waals surface area contributed by atoms with E-state index in [1.165, 1.54) is 55.6 Å². The average molecular weight is 756 g/mol. The summed E-state index contributed by atoms with van der Waals surface area (Å²) in [5.74, 6) is 0.218. The number of rotatable bonds is 14. The van der Waals surface area contributed by atoms with Gasteiger partial charge >= 0.3 is 12.1 Å². The Morgan fingerprint density at radius 1 is 0.788 bits per heavy atom. The minimum atomic E-state index is -3.93. The lowest BCUT2D eigenvalue weighted by Gasteiger charge is -2.35. The van der Waals surface area contributed by atoms with Crippen LogP contribution in [0.4, 0.5) is 21.0 Å². The highest BCUT2D eigenvalue weighted by atomic mass is 32.2. The molecule has 15 nitrogen and oxygen atoms in total. The fourth-order valence-corrected chi connectivity index (χ4v) is 6.94. The van der Waals surface area contributed by atoms with E-state index in [0.29, 0.717) is 60.9 Å². The first kappa shape index (κ1) is 39.9. The zero-order valence-corrected chi connectivity index (χ0v) is 30.8. The van der Waals surface area contributed by atoms with E-state index in [2.05, 4.69) is 27.3 Å². The van der Waals surface area contributed by atoms with Gasteiger partial charge in [-0.25, -0.2) is 36.3 Å². The number of amides is 4. The third kappa shape index (κ3) is 11.9. The van der Waals surface area contributed by atoms with Crippen LogP contribution in [-0.4, -0.2) is 83.8 Å². The number of nitrogens with one attached hydrogen (secondary N) is 3. The largest absolute Gasteiger partial charge is 0.453 e. The van der Waals surface area contributed by atoms with Crippen molar-refractivity contribution in [3.8, 4) is 0 Å². The van der Waals surface area contributed by atoms with Crippen molar-refractivity contribution in [2.24, 2.45) is 10.1 Å². The minimum Gasteiger partial charge on any atom is -0.453 e. The topological polar surface area (TPSA) is 210 Å². The van der Waals surface area contributed by atoms with E-state index in [4.69, 9.17) is 9.88 Å². The zero-order valence-electron chi connectivity index (χ0n) is 29.2. The number of nitrogens with zero attached hydrogens (tertiary/aromatic N) is 3. The Bertz CT molecular complexity index is 1950. The van der Waals surface area contributed by atoms with Crippen LogP contribution in [0.25, 0.3) is 0 Å². The molecule has 4 amide bonds. The van der Waals surface area contributed by atoms with Crippen molar-refractivity contribution in [3.05, 3.63) is 83.9 Å². The van der Waals surface area contributed by atoms with Gasteiger partial charge in [0.05, 0.1) is 16.9 Å². The summed E-state index contributed by atoms with van der Waals surface area (Å²) in [6.45, 7) is 3.71. The Labute approximate surface area is 304 Å². The van der Waals surface area contributed by atoms with E-state index in [1.54, 1.807) is 29.2 Å². The number of benzene rings is 3. The van der Waals surface area contributed by atoms with Crippen LogP contribution in [-0.2, 0) is 36.1 Å². The summed E-state index contributed by atoms with van der Waals surface area (Å²) >= 11 is 0. The van der Waals surface area contributed by atoms with Crippen LogP contribution in [0, 0.1) is 0 Å². The highest BCUT2D eigenvalue weighted by Gasteiger charge is 2.25. The van der Waals surface area contributed by atoms with Crippen molar-refractivity contribution in [3.63, 3.8) is 0 Å². The van der Waals surface area contributed by atoms with Crippen molar-refractivity contribution in [2.75, 3.05) is 43.9 Å². The Balaban J connectivity index is 1.39. The molecule has 0 spiro atoms. The summed E-state index contributed by atoms with van der Waals surface area (Å²) in [4.78, 5) is 45.9. The number of aliphatic imine (C=N–C) groups is 1. The Morgan fingerprint density at radius 2 is 1.40 bits per heavy atom. The van der Waals surface area contributed by atoms with Crippen molar-refractivity contribution < 1.29 is 36.0 Å². The number of hydrogen-bond donors (Lipinski definition) is 4. The Kier molecular flexibility index (Phi) is 14.3. The molecule has 280 valence electrons. The molecule has 3 aromatic rings. The molecule has 0 bridgehead atoms. The van der Waals surface area contributed by atoms with Gasteiger partial charge in [0.15, 0.2) is 0 Å². The molecule has 17 heteroatoms. The molecule has 1 fully saturated rings. The fourth-order valence-electron chi connectivity index (χ4n) is 5.41. The second kappa shape index (κ2) is 18.6. The summed E-state index contributed by atoms with van der Waals surface area (Å²) in [6, 6.07) is 17.4. The lowest BCUT2D eigenvalue weighted by atomic mass is 10.1. The maximum Gasteiger partial charge on any atom is 0.409 e. The normalized spacial score (nSPS) is 13.8. The molecule has 52 heavy (non-hydrogen) atoms. The number of carbonyl (C=O) groups is 3. The van der Waals surface area contributed by atoms with Crippen molar-refractivity contribution in [1.82, 2.24) is 14.5 Å². The summed E-state index contributed by atoms with van der Waals surface area (Å²) < 4.78 is 55.9. The van der Waals surface area contributed by atoms with E-state index in [1.807, 2.05) is 4.90 Å². The van der Waals surface area contributed by atoms with Crippen LogP contribution in [0.2, 0.25) is 0 Å². The van der Waals surface area contributed by atoms with Gasteiger partial charge in [0.25, 0.3) is 0 Å². The fraction of sp³-hybridized carbons (Fsp3) is 0.371. The lowest BCUT2D eigenvalue weighted by Crippen LogP contribution is -2.51. The van der Waals surface area contributed by atoms with Gasteiger partial charge in [-0.15, -0.1) is 0 Å². The summed E-state index contributed by atoms with van der Waals surface area (Å²) in [5, 5.41) is 10.5. The van der Waals surface area contributed by atoms with E-state index < -0.39 is 32.2 Å². The average Bonchev–Trinajstić information content (AvgIpc) is 3.13. The van der Waals surface area contributed by atoms with Crippen molar-refractivity contribution >= 4 is 55.3 Å². The number of sulfonamides is 2. The zero-order chi connectivity index (χ0) is 37.7. The van der Waals surface area contributed by atoms with Crippen LogP contribution in [0.1, 0.15) is 56.6 Å². The number of piperazine rings is 1. The van der Waals surface area contributed by atoms with Gasteiger partial charge in [-0.05, 0) is 60.5 Å². The molecule has 0 atom stereocenters. The molecular weight excluding hydrogens is 711 g/mol. The number of ether oxygens (including phenoxy) is 1. The second-order valence-electron chi connectivity index (χ2n) is 12.1. The predicted octanol–water partition coefficient (Wildman–Crippen LogP) is 4.47. The molecular formula is C35H45N7O8S2. The van der Waals surface area contributed by atoms with Crippen LogP contribution < -0.4 is 20.5 Å². The third-order valence-electron chi connectivity index (χ3n) is 8.26. The van der Waals surface area contributed by atoms with E-state index in [9.17, 15) is 31.2 Å². The smallest absolute Gasteiger partial charge is 0.409 e. The number of methoxy groups -OCH3 is 1. The quantitative estimate of drug-likeness (QED) is 0.104. The van der Waals surface area contributed by atoms with Crippen LogP contribution in [0.15, 0.2) is 87.6 Å². The van der Waals surface area contributed by atoms with Crippen LogP contribution in [0.3, 0.4) is 0 Å². The molecule has 0 saturated carbocycles. The van der Waals surface area contributed by atoms with Gasteiger partial charge in [0.2, 0.25) is 26.0 Å². The summed E-state index contributed by atoms with van der Waals surface area (Å²) in [7, 11) is -6.46. The van der Waals surface area contributed by atoms with Gasteiger partial charge in [-0.3, -0.25) is 4.79 Å². The number of urea groups is 1. The first-order chi connectivity index (χ1) is 24.8. The molecule has 1 aliphatic heterocycles. The highest BCUT2D eigenvalue weighted by molar-refractivity contribution is 7.89. The number of amidine groups is 1. The molecule has 5 N–H and O–H groups in total. The number of anilines is 2. The maximum atomic E-state index is 13.0. The standard InChI is InChI=1S/C35H45N7O8S2/c1-3-4-5-6-7-11-32(43)40-33(41-20-22-42(23-21-41)35(45)50-2)27-9-8-10-29(24-27)39-34(44)38-28-14-18-31(19-15-28)52(48,49)37-25-26-12-16-30(17-13-26)51(36,46)47/h8-10,12-19,24,37H,3-7,11,20-23,25H2,1-2H3,(H2,36,46,47)(H2,38,39,44)/b40-33-. The number of carbonyl (C=O) groups excluding carboxylic acids is 3. The predicted molar refractivity (Wildman–Crippen MR) is 198 cm³/mol. The minimum absolute atomic E-state index is 0.0398. The first-order valence-electron chi connectivity index (χ1n) is 16.9. The van der Waals surface area contributed by atoms with E-state index >= 15 is 0 Å². The van der Waals surface area contributed by atoms with Gasteiger partial charge in [-0.2, -0.15) is 4.99 Å². The number of unbranched alkanes of at least 4 members (excludes halogenated alkanes) is 4. The van der Waals surface area contributed by atoms with Crippen molar-refractivity contribution in [2.45, 2.75) is 61.8 Å². The van der Waals surface area contributed by atoms with Crippen LogP contribution >= 0.6 is 0 Å².